The monoisotopic (exact) mass is 269 g/mol. The smallest absolute Gasteiger partial charge is 0.119 e. The van der Waals surface area contributed by atoms with E-state index in [1.807, 2.05) is 32.0 Å². The van der Waals surface area contributed by atoms with E-state index in [0.29, 0.717) is 5.92 Å². The van der Waals surface area contributed by atoms with Crippen LogP contribution < -0.4 is 10.5 Å². The van der Waals surface area contributed by atoms with E-state index < -0.39 is 0 Å². The predicted octanol–water partition coefficient (Wildman–Crippen LogP) is 4.85. The first-order valence-electron chi connectivity index (χ1n) is 7.14. The highest BCUT2D eigenvalue weighted by Gasteiger charge is 2.06. The molecule has 0 saturated heterocycles. The molecule has 2 rings (SSSR count). The molecular weight excluding hydrogens is 246 g/mol. The van der Waals surface area contributed by atoms with Crippen LogP contribution in [0.5, 0.6) is 5.75 Å². The molecule has 0 saturated carbocycles. The Balaban J connectivity index is 2.25. The molecule has 0 aliphatic heterocycles. The van der Waals surface area contributed by atoms with E-state index in [1.54, 1.807) is 0 Å². The van der Waals surface area contributed by atoms with Crippen LogP contribution in [-0.4, -0.2) is 6.10 Å². The molecule has 0 amide bonds. The van der Waals surface area contributed by atoms with Gasteiger partial charge in [-0.2, -0.15) is 0 Å². The number of anilines is 1. The minimum Gasteiger partial charge on any atom is -0.491 e. The van der Waals surface area contributed by atoms with Crippen LogP contribution in [0.1, 0.15) is 39.2 Å². The van der Waals surface area contributed by atoms with Crippen molar-refractivity contribution in [1.82, 2.24) is 0 Å². The normalized spacial score (nSPS) is 11.1. The summed E-state index contributed by atoms with van der Waals surface area (Å²) >= 11 is 0. The van der Waals surface area contributed by atoms with Gasteiger partial charge in [0.25, 0.3) is 0 Å². The van der Waals surface area contributed by atoms with Crippen LogP contribution in [-0.2, 0) is 0 Å². The van der Waals surface area contributed by atoms with Crippen molar-refractivity contribution in [2.45, 2.75) is 39.7 Å². The van der Waals surface area contributed by atoms with E-state index in [2.05, 4.69) is 38.1 Å². The molecule has 0 unspecified atom stereocenters. The van der Waals surface area contributed by atoms with Crippen molar-refractivity contribution in [2.24, 2.45) is 0 Å². The van der Waals surface area contributed by atoms with Crippen molar-refractivity contribution >= 4 is 5.69 Å². The molecule has 0 atom stereocenters. The van der Waals surface area contributed by atoms with Crippen LogP contribution >= 0.6 is 0 Å². The molecule has 0 fully saturated rings. The van der Waals surface area contributed by atoms with Gasteiger partial charge in [0.2, 0.25) is 0 Å². The lowest BCUT2D eigenvalue weighted by atomic mass is 9.97. The molecular formula is C18H23NO. The Morgan fingerprint density at radius 2 is 1.45 bits per heavy atom. The van der Waals surface area contributed by atoms with Crippen LogP contribution in [0.15, 0.2) is 42.5 Å². The maximum Gasteiger partial charge on any atom is 0.119 e. The first-order chi connectivity index (χ1) is 9.47. The second-order valence-corrected chi connectivity index (χ2v) is 5.69. The molecule has 2 aromatic carbocycles. The van der Waals surface area contributed by atoms with Crippen molar-refractivity contribution < 1.29 is 4.74 Å². The average molecular weight is 269 g/mol. The van der Waals surface area contributed by atoms with E-state index in [4.69, 9.17) is 10.5 Å². The summed E-state index contributed by atoms with van der Waals surface area (Å²) in [6.07, 6.45) is 0.196. The summed E-state index contributed by atoms with van der Waals surface area (Å²) in [6.45, 7) is 8.37. The fraction of sp³-hybridized carbons (Fsp3) is 0.333. The number of ether oxygens (including phenoxy) is 1. The zero-order chi connectivity index (χ0) is 14.7. The predicted molar refractivity (Wildman–Crippen MR) is 86.1 cm³/mol. The van der Waals surface area contributed by atoms with Gasteiger partial charge in [-0.05, 0) is 54.7 Å². The minimum absolute atomic E-state index is 0.196. The van der Waals surface area contributed by atoms with Crippen molar-refractivity contribution in [1.29, 1.82) is 0 Å². The van der Waals surface area contributed by atoms with E-state index >= 15 is 0 Å². The fourth-order valence-corrected chi connectivity index (χ4v) is 2.28. The minimum atomic E-state index is 0.196. The van der Waals surface area contributed by atoms with Crippen molar-refractivity contribution in [3.8, 4) is 16.9 Å². The Hall–Kier alpha value is -1.96. The van der Waals surface area contributed by atoms with Gasteiger partial charge in [0.15, 0.2) is 0 Å². The molecule has 20 heavy (non-hydrogen) atoms. The molecule has 2 aromatic rings. The largest absolute Gasteiger partial charge is 0.491 e. The molecule has 0 spiro atoms. The molecule has 2 N–H and O–H groups in total. The Morgan fingerprint density at radius 1 is 0.850 bits per heavy atom. The number of hydrogen-bond acceptors (Lipinski definition) is 2. The van der Waals surface area contributed by atoms with Crippen LogP contribution in [0, 0.1) is 0 Å². The lowest BCUT2D eigenvalue weighted by Gasteiger charge is -2.12. The molecule has 2 heteroatoms. The summed E-state index contributed by atoms with van der Waals surface area (Å²) in [6, 6.07) is 14.4. The molecule has 0 heterocycles. The van der Waals surface area contributed by atoms with E-state index in [0.717, 1.165) is 22.6 Å². The average Bonchev–Trinajstić information content (AvgIpc) is 2.38. The highest BCUT2D eigenvalue weighted by molar-refractivity contribution is 5.69. The van der Waals surface area contributed by atoms with Gasteiger partial charge in [-0.1, -0.05) is 38.1 Å². The van der Waals surface area contributed by atoms with Crippen LogP contribution in [0.3, 0.4) is 0 Å². The number of nitrogen functional groups attached to an aromatic ring is 1. The molecule has 0 bridgehead atoms. The van der Waals surface area contributed by atoms with E-state index in [1.165, 1.54) is 5.56 Å². The maximum absolute atomic E-state index is 6.13. The third-order valence-corrected chi connectivity index (χ3v) is 3.27. The van der Waals surface area contributed by atoms with Gasteiger partial charge in [-0.15, -0.1) is 0 Å². The quantitative estimate of drug-likeness (QED) is 0.805. The first kappa shape index (κ1) is 14.4. The second-order valence-electron chi connectivity index (χ2n) is 5.69. The first-order valence-corrected chi connectivity index (χ1v) is 7.14. The summed E-state index contributed by atoms with van der Waals surface area (Å²) < 4.78 is 5.65. The van der Waals surface area contributed by atoms with Gasteiger partial charge in [-0.3, -0.25) is 0 Å². The summed E-state index contributed by atoms with van der Waals surface area (Å²) in [4.78, 5) is 0. The SMILES string of the molecule is CC(C)Oc1ccc(-c2ccc(C(C)C)c(N)c2)cc1. The number of rotatable bonds is 4. The number of nitrogens with two attached hydrogens (primary N) is 1. The summed E-state index contributed by atoms with van der Waals surface area (Å²) in [5, 5.41) is 0. The lowest BCUT2D eigenvalue weighted by Crippen LogP contribution is -2.05. The van der Waals surface area contributed by atoms with Gasteiger partial charge in [0.1, 0.15) is 5.75 Å². The van der Waals surface area contributed by atoms with Crippen LogP contribution in [0.25, 0.3) is 11.1 Å². The van der Waals surface area contributed by atoms with Crippen molar-refractivity contribution in [3.05, 3.63) is 48.0 Å². The summed E-state index contributed by atoms with van der Waals surface area (Å²) in [7, 11) is 0. The van der Waals surface area contributed by atoms with Gasteiger partial charge < -0.3 is 10.5 Å². The van der Waals surface area contributed by atoms with Gasteiger partial charge in [-0.25, -0.2) is 0 Å². The van der Waals surface area contributed by atoms with Crippen molar-refractivity contribution in [3.63, 3.8) is 0 Å². The zero-order valence-corrected chi connectivity index (χ0v) is 12.7. The summed E-state index contributed by atoms with van der Waals surface area (Å²) in [5.74, 6) is 1.35. The van der Waals surface area contributed by atoms with Gasteiger partial charge >= 0.3 is 0 Å². The number of hydrogen-bond donors (Lipinski definition) is 1. The lowest BCUT2D eigenvalue weighted by molar-refractivity contribution is 0.242. The third-order valence-electron chi connectivity index (χ3n) is 3.27. The highest BCUT2D eigenvalue weighted by Crippen LogP contribution is 2.29. The Kier molecular flexibility index (Phi) is 4.33. The Labute approximate surface area is 121 Å². The highest BCUT2D eigenvalue weighted by atomic mass is 16.5. The van der Waals surface area contributed by atoms with Crippen molar-refractivity contribution in [2.75, 3.05) is 5.73 Å². The standard InChI is InChI=1S/C18H23NO/c1-12(2)17-10-7-15(11-18(17)19)14-5-8-16(9-6-14)20-13(3)4/h5-13H,19H2,1-4H3. The molecule has 0 aromatic heterocycles. The third kappa shape index (κ3) is 3.32. The van der Waals surface area contributed by atoms with Gasteiger partial charge in [0.05, 0.1) is 6.10 Å². The van der Waals surface area contributed by atoms with E-state index in [-0.39, 0.29) is 6.10 Å². The van der Waals surface area contributed by atoms with Crippen LogP contribution in [0.4, 0.5) is 5.69 Å². The maximum atomic E-state index is 6.13. The van der Waals surface area contributed by atoms with Crippen LogP contribution in [0.2, 0.25) is 0 Å². The molecule has 0 radical (unpaired) electrons. The topological polar surface area (TPSA) is 35.2 Å². The molecule has 106 valence electrons. The molecule has 2 nitrogen and oxygen atoms in total. The van der Waals surface area contributed by atoms with E-state index in [9.17, 15) is 0 Å². The zero-order valence-electron chi connectivity index (χ0n) is 12.7. The Morgan fingerprint density at radius 3 is 1.95 bits per heavy atom. The van der Waals surface area contributed by atoms with Gasteiger partial charge in [0, 0.05) is 5.69 Å². The molecule has 0 aliphatic carbocycles. The fourth-order valence-electron chi connectivity index (χ4n) is 2.28. The second kappa shape index (κ2) is 6.00. The summed E-state index contributed by atoms with van der Waals surface area (Å²) in [5.41, 5.74) is 10.5. The number of benzene rings is 2. The Bertz CT molecular complexity index is 570. The molecule has 0 aliphatic rings.